The smallest absolute Gasteiger partial charge is 0.126 e. The summed E-state index contributed by atoms with van der Waals surface area (Å²) in [6, 6.07) is 0. The highest BCUT2D eigenvalue weighted by Gasteiger charge is 1.63. The molecule has 0 bridgehead atoms. The van der Waals surface area contributed by atoms with Crippen molar-refractivity contribution in [3.63, 3.8) is 0 Å². The van der Waals surface area contributed by atoms with E-state index in [0.29, 0.717) is 0 Å². The molecule has 0 fully saturated rings. The predicted octanol–water partition coefficient (Wildman–Crippen LogP) is -1.30. The van der Waals surface area contributed by atoms with Gasteiger partial charge in [-0.3, -0.25) is 0 Å². The van der Waals surface area contributed by atoms with Crippen LogP contribution in [-0.2, 0) is 0 Å². The van der Waals surface area contributed by atoms with Gasteiger partial charge in [-0.1, -0.05) is 0 Å². The fourth-order valence-corrected chi connectivity index (χ4v) is 0. The molecule has 5 heavy (non-hydrogen) atoms. The van der Waals surface area contributed by atoms with Gasteiger partial charge in [0.25, 0.3) is 0 Å². The van der Waals surface area contributed by atoms with E-state index >= 15 is 0 Å². The minimum absolute atomic E-state index is 0. The molecule has 0 amide bonds. The van der Waals surface area contributed by atoms with Crippen LogP contribution in [-0.4, -0.2) is 35.1 Å². The first-order valence-electron chi connectivity index (χ1n) is 0.671. The molecular weight excluding hydrogens is 112 g/mol. The summed E-state index contributed by atoms with van der Waals surface area (Å²) in [4.78, 5) is 0. The van der Waals surface area contributed by atoms with Crippen molar-refractivity contribution in [2.45, 2.75) is 0 Å². The largest absolute Gasteiger partial charge is 0.379 e. The summed E-state index contributed by atoms with van der Waals surface area (Å²) in [6.45, 7) is 0. The maximum atomic E-state index is 2.97. The van der Waals surface area contributed by atoms with Crippen LogP contribution < -0.4 is 6.15 Å². The Labute approximate surface area is 42.0 Å². The molecule has 0 aromatic rings. The van der Waals surface area contributed by atoms with E-state index in [1.54, 1.807) is 0 Å². The van der Waals surface area contributed by atoms with Gasteiger partial charge in [-0.05, 0) is 0 Å². The fourth-order valence-electron chi connectivity index (χ4n) is 0. The highest BCUT2D eigenvalue weighted by molar-refractivity contribution is 6.41. The van der Waals surface area contributed by atoms with Gasteiger partial charge >= 0.3 is 0 Å². The van der Waals surface area contributed by atoms with Crippen molar-refractivity contribution in [2.75, 3.05) is 0 Å². The lowest BCUT2D eigenvalue weighted by Gasteiger charge is -1.88. The molecule has 0 heterocycles. The van der Waals surface area contributed by atoms with E-state index in [-0.39, 0.29) is 6.15 Å². The van der Waals surface area contributed by atoms with Crippen molar-refractivity contribution < 1.29 is 0 Å². The van der Waals surface area contributed by atoms with E-state index in [0.717, 1.165) is 0 Å². The second-order valence-corrected chi connectivity index (χ2v) is 3.02. The molecule has 2 nitrogen and oxygen atoms in total. The van der Waals surface area contributed by atoms with Crippen LogP contribution in [0.3, 0.4) is 0 Å². The zero-order chi connectivity index (χ0) is 3.58. The Morgan fingerprint density at radius 3 is 1.00 bits per heavy atom. The molecule has 0 saturated carbocycles. The summed E-state index contributed by atoms with van der Waals surface area (Å²) in [5, 5.41) is 0. The molecule has 0 aromatic carbocycles. The third-order valence-corrected chi connectivity index (χ3v) is 0. The molecule has 0 unspecified atom stereocenters. The van der Waals surface area contributed by atoms with Crippen molar-refractivity contribution in [3.05, 3.63) is 0 Å². The maximum Gasteiger partial charge on any atom is 0.126 e. The lowest BCUT2D eigenvalue weighted by molar-refractivity contribution is 1.18. The van der Waals surface area contributed by atoms with Crippen LogP contribution in [0.15, 0.2) is 0 Å². The van der Waals surface area contributed by atoms with Gasteiger partial charge in [0.2, 0.25) is 0 Å². The summed E-state index contributed by atoms with van der Waals surface area (Å²) in [5.41, 5.74) is 0. The quantitative estimate of drug-likeness (QED) is 0.399. The topological polar surface area (TPSA) is 38.2 Å². The van der Waals surface area contributed by atoms with Crippen LogP contribution in [0.1, 0.15) is 0 Å². The molecule has 9 radical (unpaired) electrons. The van der Waals surface area contributed by atoms with Gasteiger partial charge in [0.05, 0.1) is 0 Å². The molecule has 0 aliphatic carbocycles. The Hall–Kier alpha value is 0.571. The Balaban J connectivity index is 0. The van der Waals surface area contributed by atoms with Gasteiger partial charge in [0, 0.05) is 0 Å². The molecule has 0 saturated heterocycles. The zero-order valence-electron chi connectivity index (χ0n) is 2.65. The van der Waals surface area contributed by atoms with Crippen LogP contribution in [0.5, 0.6) is 0 Å². The normalized spacial score (nSPS) is 7.20. The lowest BCUT2D eigenvalue weighted by atomic mass is 13.8. The summed E-state index contributed by atoms with van der Waals surface area (Å²) in [6.07, 6.45) is 0. The molecule has 0 aliphatic heterocycles. The molecular formula is H3N2Si3. The van der Waals surface area contributed by atoms with Crippen LogP contribution in [0.2, 0.25) is 0 Å². The lowest BCUT2D eigenvalue weighted by Crippen LogP contribution is -2.08. The Morgan fingerprint density at radius 1 is 1.00 bits per heavy atom. The number of hydrogen-bond donors (Lipinski definition) is 1. The van der Waals surface area contributed by atoms with Crippen molar-refractivity contribution in [3.8, 4) is 0 Å². The Morgan fingerprint density at radius 2 is 1.00 bits per heavy atom. The molecule has 25 valence electrons. The molecule has 0 aromatic heterocycles. The molecule has 3 N–H and O–H groups in total. The van der Waals surface area contributed by atoms with Gasteiger partial charge in [0.15, 0.2) is 0 Å². The number of rotatable bonds is 0. The minimum atomic E-state index is 0. The molecule has 0 atom stereocenters. The highest BCUT2D eigenvalue weighted by atomic mass is 28.3. The first kappa shape index (κ1) is 9.13. The van der Waals surface area contributed by atoms with Crippen molar-refractivity contribution in [2.24, 2.45) is 0 Å². The number of hydrogen-bond acceptors (Lipinski definition) is 2. The average Bonchev–Trinajstić information content (AvgIpc) is 0.811. The summed E-state index contributed by atoms with van der Waals surface area (Å²) >= 11 is 0. The fraction of sp³-hybridized carbons (Fsp3) is 0. The van der Waals surface area contributed by atoms with Crippen LogP contribution >= 0.6 is 0 Å². The molecule has 5 heteroatoms. The second kappa shape index (κ2) is 4.57. The molecule has 0 spiro atoms. The summed E-state index contributed by atoms with van der Waals surface area (Å²) < 4.78 is 1.42. The van der Waals surface area contributed by atoms with E-state index < -0.39 is 0 Å². The molecule has 0 rings (SSSR count). The van der Waals surface area contributed by atoms with E-state index in [9.17, 15) is 0 Å². The Kier molecular flexibility index (Phi) is 8.34. The van der Waals surface area contributed by atoms with Gasteiger partial charge in [-0.25, -0.2) is 0 Å². The third kappa shape index (κ3) is 92.8. The van der Waals surface area contributed by atoms with Gasteiger partial charge in [-0.2, -0.15) is 0 Å². The minimum Gasteiger partial charge on any atom is -0.379 e. The van der Waals surface area contributed by atoms with Crippen molar-refractivity contribution in [1.29, 1.82) is 0 Å². The standard InChI is InChI=1S/NSi3.H3N/c2-1(3)4;/h;1H3. The van der Waals surface area contributed by atoms with E-state index in [1.807, 2.05) is 0 Å². The van der Waals surface area contributed by atoms with Crippen molar-refractivity contribution in [1.82, 2.24) is 10.0 Å². The van der Waals surface area contributed by atoms with Crippen molar-refractivity contribution >= 4 is 31.2 Å². The highest BCUT2D eigenvalue weighted by Crippen LogP contribution is 1.38. The maximum absolute atomic E-state index is 2.97. The number of nitrogens with zero attached hydrogens (tertiary/aromatic N) is 1. The summed E-state index contributed by atoms with van der Waals surface area (Å²) in [5.74, 6) is 0. The Bertz CT molecular complexity index is 9.61. The third-order valence-electron chi connectivity index (χ3n) is 0. The van der Waals surface area contributed by atoms with Crippen LogP contribution in [0.25, 0.3) is 0 Å². The predicted molar refractivity (Wildman–Crippen MR) is 24.1 cm³/mol. The van der Waals surface area contributed by atoms with E-state index in [2.05, 4.69) is 31.2 Å². The average molecular weight is 115 g/mol. The van der Waals surface area contributed by atoms with Crippen LogP contribution in [0, 0.1) is 0 Å². The van der Waals surface area contributed by atoms with Gasteiger partial charge in [-0.15, -0.1) is 0 Å². The molecule has 0 aliphatic rings. The zero-order valence-corrected chi connectivity index (χ0v) is 5.65. The monoisotopic (exact) mass is 115 g/mol. The van der Waals surface area contributed by atoms with Crippen LogP contribution in [0.4, 0.5) is 0 Å². The summed E-state index contributed by atoms with van der Waals surface area (Å²) in [7, 11) is 8.92. The van der Waals surface area contributed by atoms with Gasteiger partial charge < -0.3 is 10.0 Å². The van der Waals surface area contributed by atoms with Gasteiger partial charge in [0.1, 0.15) is 31.2 Å². The first-order chi connectivity index (χ1) is 1.73. The van der Waals surface area contributed by atoms with E-state index in [1.165, 1.54) is 3.90 Å². The second-order valence-electron chi connectivity index (χ2n) is 0.335. The SMILES string of the molecule is N.[Si]N([Si])[Si]. The van der Waals surface area contributed by atoms with E-state index in [4.69, 9.17) is 0 Å². The first-order valence-corrected chi connectivity index (χ1v) is 2.01.